The number of methoxy groups -OCH3 is 1. The fourth-order valence-corrected chi connectivity index (χ4v) is 2.94. The van der Waals surface area contributed by atoms with Gasteiger partial charge in [-0.25, -0.2) is 13.6 Å². The molecule has 0 fully saturated rings. The number of fused-ring (bicyclic) bond motifs is 1. The fraction of sp³-hybridized carbons (Fsp3) is 0.133. The van der Waals surface area contributed by atoms with Crippen molar-refractivity contribution in [3.8, 4) is 17.2 Å². The fourth-order valence-electron chi connectivity index (χ4n) is 2.22. The highest BCUT2D eigenvalue weighted by Gasteiger charge is 2.18. The Hall–Kier alpha value is -2.78. The van der Waals surface area contributed by atoms with Crippen LogP contribution in [0.3, 0.4) is 0 Å². The number of hydrogen-bond donors (Lipinski definition) is 2. The van der Waals surface area contributed by atoms with Crippen LogP contribution in [0.15, 0.2) is 41.3 Å². The van der Waals surface area contributed by atoms with Crippen molar-refractivity contribution in [3.63, 3.8) is 0 Å². The Labute approximate surface area is 138 Å². The summed E-state index contributed by atoms with van der Waals surface area (Å²) in [5, 5.41) is 7.76. The quantitative estimate of drug-likeness (QED) is 0.859. The molecule has 1 aliphatic rings. The second-order valence-electron chi connectivity index (χ2n) is 4.93. The van der Waals surface area contributed by atoms with Gasteiger partial charge in [-0.15, -0.1) is 0 Å². The van der Waals surface area contributed by atoms with Gasteiger partial charge in [0.25, 0.3) is 5.91 Å². The number of amides is 1. The number of nitrogens with one attached hydrogen (secondary N) is 1. The Bertz CT molecular complexity index is 910. The molecule has 2 aromatic rings. The Kier molecular flexibility index (Phi) is 4.04. The largest absolute Gasteiger partial charge is 0.495 e. The van der Waals surface area contributed by atoms with E-state index >= 15 is 0 Å². The molecule has 0 spiro atoms. The molecule has 1 aliphatic heterocycles. The van der Waals surface area contributed by atoms with Crippen molar-refractivity contribution in [2.75, 3.05) is 19.2 Å². The minimum absolute atomic E-state index is 0.0959. The summed E-state index contributed by atoms with van der Waals surface area (Å²) in [7, 11) is -2.66. The zero-order valence-corrected chi connectivity index (χ0v) is 13.4. The van der Waals surface area contributed by atoms with Crippen LogP contribution in [0.5, 0.6) is 17.2 Å². The van der Waals surface area contributed by atoms with E-state index in [0.29, 0.717) is 17.1 Å². The van der Waals surface area contributed by atoms with Crippen molar-refractivity contribution in [1.82, 2.24) is 0 Å². The van der Waals surface area contributed by atoms with Gasteiger partial charge < -0.3 is 19.5 Å². The summed E-state index contributed by atoms with van der Waals surface area (Å²) < 4.78 is 38.6. The van der Waals surface area contributed by atoms with Crippen LogP contribution in [0.2, 0.25) is 0 Å². The molecule has 0 aromatic heterocycles. The summed E-state index contributed by atoms with van der Waals surface area (Å²) in [5.41, 5.74) is 0.606. The van der Waals surface area contributed by atoms with Crippen LogP contribution in [0.1, 0.15) is 10.4 Å². The van der Waals surface area contributed by atoms with Gasteiger partial charge in [0.1, 0.15) is 10.6 Å². The first kappa shape index (κ1) is 16.1. The van der Waals surface area contributed by atoms with Crippen LogP contribution in [-0.4, -0.2) is 28.2 Å². The maximum Gasteiger partial charge on any atom is 0.255 e. The van der Waals surface area contributed by atoms with Crippen LogP contribution in [0.25, 0.3) is 0 Å². The van der Waals surface area contributed by atoms with Crippen LogP contribution in [0.4, 0.5) is 5.69 Å². The van der Waals surface area contributed by atoms with Gasteiger partial charge in [-0.1, -0.05) is 0 Å². The molecule has 126 valence electrons. The molecular weight excluding hydrogens is 336 g/mol. The zero-order valence-electron chi connectivity index (χ0n) is 12.6. The lowest BCUT2D eigenvalue weighted by Crippen LogP contribution is -2.15. The number of carbonyl (C=O) groups excluding carboxylic acids is 1. The van der Waals surface area contributed by atoms with Gasteiger partial charge in [0, 0.05) is 11.3 Å². The number of nitrogens with two attached hydrogens (primary N) is 1. The molecule has 0 aliphatic carbocycles. The van der Waals surface area contributed by atoms with Crippen LogP contribution in [0, 0.1) is 0 Å². The first-order valence-electron chi connectivity index (χ1n) is 6.80. The van der Waals surface area contributed by atoms with E-state index in [2.05, 4.69) is 5.32 Å². The van der Waals surface area contributed by atoms with Crippen molar-refractivity contribution >= 4 is 21.6 Å². The molecule has 9 heteroatoms. The van der Waals surface area contributed by atoms with E-state index in [1.54, 1.807) is 18.2 Å². The number of hydrogen-bond acceptors (Lipinski definition) is 6. The maximum atomic E-state index is 12.3. The molecule has 0 unspecified atom stereocenters. The molecule has 1 amide bonds. The Morgan fingerprint density at radius 2 is 1.92 bits per heavy atom. The second kappa shape index (κ2) is 6.02. The Balaban J connectivity index is 1.87. The van der Waals surface area contributed by atoms with Crippen molar-refractivity contribution in [1.29, 1.82) is 0 Å². The predicted octanol–water partition coefficient (Wildman–Crippen LogP) is 1.32. The molecule has 2 aromatic carbocycles. The smallest absolute Gasteiger partial charge is 0.255 e. The SMILES string of the molecule is COc1ccc(NC(=O)c2ccc3c(c2)OCO3)cc1S(N)(=O)=O. The van der Waals surface area contributed by atoms with Crippen LogP contribution in [-0.2, 0) is 10.0 Å². The lowest BCUT2D eigenvalue weighted by molar-refractivity contribution is 0.102. The molecule has 0 saturated carbocycles. The van der Waals surface area contributed by atoms with Gasteiger partial charge >= 0.3 is 0 Å². The summed E-state index contributed by atoms with van der Waals surface area (Å²) in [6, 6.07) is 8.90. The standard InChI is InChI=1S/C15H14N2O6S/c1-21-12-5-3-10(7-14(12)24(16,19)20)17-15(18)9-2-4-11-13(6-9)23-8-22-11/h2-7H,8H2,1H3,(H,17,18)(H2,16,19,20). The Morgan fingerprint density at radius 3 is 2.62 bits per heavy atom. The summed E-state index contributed by atoms with van der Waals surface area (Å²) in [6.45, 7) is 0.108. The molecule has 0 saturated heterocycles. The number of primary sulfonamides is 1. The molecular formula is C15H14N2O6S. The zero-order chi connectivity index (χ0) is 17.3. The van der Waals surface area contributed by atoms with Crippen LogP contribution < -0.4 is 24.7 Å². The van der Waals surface area contributed by atoms with Gasteiger partial charge in [0.2, 0.25) is 16.8 Å². The molecule has 0 atom stereocenters. The van der Waals surface area contributed by atoms with Crippen molar-refractivity contribution < 1.29 is 27.4 Å². The lowest BCUT2D eigenvalue weighted by Gasteiger charge is -2.10. The average Bonchev–Trinajstić information content (AvgIpc) is 3.01. The molecule has 0 radical (unpaired) electrons. The number of carbonyl (C=O) groups is 1. The number of benzene rings is 2. The number of sulfonamides is 1. The first-order valence-corrected chi connectivity index (χ1v) is 8.35. The lowest BCUT2D eigenvalue weighted by atomic mass is 10.2. The van der Waals surface area contributed by atoms with Gasteiger partial charge in [0.15, 0.2) is 11.5 Å². The minimum atomic E-state index is -3.99. The van der Waals surface area contributed by atoms with Crippen molar-refractivity contribution in [2.24, 2.45) is 5.14 Å². The third kappa shape index (κ3) is 3.12. The van der Waals surface area contributed by atoms with Crippen LogP contribution >= 0.6 is 0 Å². The molecule has 3 rings (SSSR count). The number of rotatable bonds is 4. The summed E-state index contributed by atoms with van der Waals surface area (Å²) in [5.74, 6) is 0.701. The molecule has 0 bridgehead atoms. The van der Waals surface area contributed by atoms with Gasteiger partial charge in [0.05, 0.1) is 7.11 Å². The molecule has 1 heterocycles. The first-order chi connectivity index (χ1) is 11.4. The van der Waals surface area contributed by atoms with E-state index in [4.69, 9.17) is 19.3 Å². The van der Waals surface area contributed by atoms with Crippen molar-refractivity contribution in [3.05, 3.63) is 42.0 Å². The van der Waals surface area contributed by atoms with Gasteiger partial charge in [-0.3, -0.25) is 4.79 Å². The summed E-state index contributed by atoms with van der Waals surface area (Å²) in [6.07, 6.45) is 0. The highest BCUT2D eigenvalue weighted by Crippen LogP contribution is 2.33. The van der Waals surface area contributed by atoms with E-state index in [9.17, 15) is 13.2 Å². The third-order valence-corrected chi connectivity index (χ3v) is 4.29. The monoisotopic (exact) mass is 350 g/mol. The number of anilines is 1. The summed E-state index contributed by atoms with van der Waals surface area (Å²) >= 11 is 0. The predicted molar refractivity (Wildman–Crippen MR) is 84.9 cm³/mol. The van der Waals surface area contributed by atoms with Gasteiger partial charge in [-0.05, 0) is 36.4 Å². The normalized spacial score (nSPS) is 12.8. The van der Waals surface area contributed by atoms with E-state index in [-0.39, 0.29) is 23.1 Å². The second-order valence-corrected chi connectivity index (χ2v) is 6.46. The molecule has 24 heavy (non-hydrogen) atoms. The van der Waals surface area contributed by atoms with E-state index in [1.807, 2.05) is 0 Å². The highest BCUT2D eigenvalue weighted by molar-refractivity contribution is 7.89. The maximum absolute atomic E-state index is 12.3. The van der Waals surface area contributed by atoms with E-state index in [1.165, 1.54) is 25.3 Å². The average molecular weight is 350 g/mol. The minimum Gasteiger partial charge on any atom is -0.495 e. The topological polar surface area (TPSA) is 117 Å². The Morgan fingerprint density at radius 1 is 1.17 bits per heavy atom. The highest BCUT2D eigenvalue weighted by atomic mass is 32.2. The van der Waals surface area contributed by atoms with E-state index in [0.717, 1.165) is 0 Å². The van der Waals surface area contributed by atoms with E-state index < -0.39 is 15.9 Å². The van der Waals surface area contributed by atoms with Crippen molar-refractivity contribution in [2.45, 2.75) is 4.90 Å². The summed E-state index contributed by atoms with van der Waals surface area (Å²) in [4.78, 5) is 12.1. The molecule has 3 N–H and O–H groups in total. The third-order valence-electron chi connectivity index (χ3n) is 3.36. The number of ether oxygens (including phenoxy) is 3. The molecule has 8 nitrogen and oxygen atoms in total. The van der Waals surface area contributed by atoms with Gasteiger partial charge in [-0.2, -0.15) is 0 Å².